The normalized spacial score (nSPS) is 11.4. The first kappa shape index (κ1) is 16.5. The topological polar surface area (TPSA) is 0 Å². The highest BCUT2D eigenvalue weighted by Gasteiger charge is 2.20. The molecule has 0 aliphatic heterocycles. The van der Waals surface area contributed by atoms with E-state index in [0.29, 0.717) is 0 Å². The zero-order chi connectivity index (χ0) is 19.2. The van der Waals surface area contributed by atoms with Gasteiger partial charge < -0.3 is 0 Å². The van der Waals surface area contributed by atoms with Gasteiger partial charge in [-0.3, -0.25) is 0 Å². The third-order valence-electron chi connectivity index (χ3n) is 5.66. The molecule has 5 aromatic carbocycles. The highest BCUT2D eigenvalue weighted by molar-refractivity contribution is 7.24. The number of fused-ring (bicyclic) bond motifs is 6. The number of hydrogen-bond donors (Lipinski definition) is 0. The lowest BCUT2D eigenvalue weighted by Crippen LogP contribution is -1.83. The van der Waals surface area contributed by atoms with E-state index in [0.717, 1.165) is 0 Å². The van der Waals surface area contributed by atoms with E-state index in [1.165, 1.54) is 53.2 Å². The van der Waals surface area contributed by atoms with Gasteiger partial charge in [-0.1, -0.05) is 109 Å². The first-order chi connectivity index (χ1) is 14.4. The molecule has 0 unspecified atom stereocenters. The highest BCUT2D eigenvalue weighted by Crippen LogP contribution is 2.50. The zero-order valence-corrected chi connectivity index (χ0v) is 16.6. The predicted octanol–water partition coefficient (Wildman–Crippen LogP) is 8.54. The number of thiophene rings is 1. The molecule has 0 saturated heterocycles. The Morgan fingerprint density at radius 2 is 0.897 bits per heavy atom. The van der Waals surface area contributed by atoms with E-state index in [2.05, 4.69) is 109 Å². The van der Waals surface area contributed by atoms with Gasteiger partial charge in [0.1, 0.15) is 0 Å². The van der Waals surface area contributed by atoms with Gasteiger partial charge in [-0.2, -0.15) is 0 Å². The zero-order valence-electron chi connectivity index (χ0n) is 15.8. The summed E-state index contributed by atoms with van der Waals surface area (Å²) in [7, 11) is 0. The minimum absolute atomic E-state index is 1.28. The molecule has 0 spiro atoms. The first-order valence-corrected chi connectivity index (χ1v) is 10.7. The van der Waals surface area contributed by atoms with Crippen molar-refractivity contribution in [1.29, 1.82) is 0 Å². The van der Waals surface area contributed by atoms with Gasteiger partial charge in [-0.05, 0) is 27.3 Å². The van der Waals surface area contributed by atoms with Crippen molar-refractivity contribution in [2.75, 3.05) is 0 Å². The van der Waals surface area contributed by atoms with Crippen LogP contribution in [-0.4, -0.2) is 0 Å². The first-order valence-electron chi connectivity index (χ1n) is 9.88. The summed E-state index contributed by atoms with van der Waals surface area (Å²) >= 11 is 1.92. The Bertz CT molecular complexity index is 1480. The fraction of sp³-hybridized carbons (Fsp3) is 0. The Kier molecular flexibility index (Phi) is 3.75. The second-order valence-corrected chi connectivity index (χ2v) is 8.35. The minimum Gasteiger partial charge on any atom is -0.134 e. The fourth-order valence-electron chi connectivity index (χ4n) is 4.40. The highest BCUT2D eigenvalue weighted by atomic mass is 32.1. The fourth-order valence-corrected chi connectivity index (χ4v) is 5.78. The molecule has 136 valence electrons. The van der Waals surface area contributed by atoms with Crippen LogP contribution in [0.15, 0.2) is 109 Å². The molecular formula is C28H18S. The molecule has 0 aliphatic carbocycles. The average molecular weight is 387 g/mol. The van der Waals surface area contributed by atoms with Crippen LogP contribution in [-0.2, 0) is 0 Å². The summed E-state index contributed by atoms with van der Waals surface area (Å²) < 4.78 is 1.37. The summed E-state index contributed by atoms with van der Waals surface area (Å²) in [6, 6.07) is 39.3. The quantitative estimate of drug-likeness (QED) is 0.262. The Morgan fingerprint density at radius 1 is 0.414 bits per heavy atom. The molecule has 0 fully saturated rings. The van der Waals surface area contributed by atoms with E-state index in [-0.39, 0.29) is 0 Å². The van der Waals surface area contributed by atoms with Crippen molar-refractivity contribution in [3.63, 3.8) is 0 Å². The molecule has 0 N–H and O–H groups in total. The molecule has 0 radical (unpaired) electrons. The predicted molar refractivity (Wildman–Crippen MR) is 128 cm³/mol. The van der Waals surface area contributed by atoms with Gasteiger partial charge in [0.25, 0.3) is 0 Å². The minimum atomic E-state index is 1.28. The summed E-state index contributed by atoms with van der Waals surface area (Å²) in [6.45, 7) is 0. The number of rotatable bonds is 2. The molecule has 0 amide bonds. The van der Waals surface area contributed by atoms with Gasteiger partial charge >= 0.3 is 0 Å². The number of hydrogen-bond acceptors (Lipinski definition) is 1. The van der Waals surface area contributed by atoms with Crippen molar-refractivity contribution >= 4 is 43.0 Å². The lowest BCUT2D eigenvalue weighted by Gasteiger charge is -2.10. The van der Waals surface area contributed by atoms with Crippen molar-refractivity contribution in [2.24, 2.45) is 0 Å². The van der Waals surface area contributed by atoms with E-state index < -0.39 is 0 Å². The van der Waals surface area contributed by atoms with Crippen LogP contribution in [0.4, 0.5) is 0 Å². The molecule has 0 bridgehead atoms. The molecule has 0 nitrogen and oxygen atoms in total. The standard InChI is InChI=1S/C28H18S/c1-3-11-19(12-4-1)25-26-23-17-9-7-15-21(23)22-16-8-10-18-24(22)28(26)29-27(25)20-13-5-2-6-14-20/h1-18H. The van der Waals surface area contributed by atoms with Crippen LogP contribution >= 0.6 is 11.3 Å². The van der Waals surface area contributed by atoms with Crippen LogP contribution in [0.5, 0.6) is 0 Å². The third kappa shape index (κ3) is 2.52. The van der Waals surface area contributed by atoms with Crippen LogP contribution in [0.3, 0.4) is 0 Å². The maximum atomic E-state index is 2.28. The lowest BCUT2D eigenvalue weighted by molar-refractivity contribution is 1.66. The molecule has 1 heterocycles. The summed E-state index contributed by atoms with van der Waals surface area (Å²) in [6.07, 6.45) is 0. The van der Waals surface area contributed by atoms with E-state index in [4.69, 9.17) is 0 Å². The maximum Gasteiger partial charge on any atom is 0.0440 e. The molecule has 0 atom stereocenters. The second kappa shape index (κ2) is 6.58. The maximum absolute atomic E-state index is 2.28. The van der Waals surface area contributed by atoms with E-state index in [9.17, 15) is 0 Å². The molecular weight excluding hydrogens is 368 g/mol. The SMILES string of the molecule is c1ccc(-c2sc3c4ccccc4c4ccccc4c3c2-c2ccccc2)cc1. The Balaban J connectivity index is 1.90. The van der Waals surface area contributed by atoms with Crippen LogP contribution in [0.25, 0.3) is 53.2 Å². The van der Waals surface area contributed by atoms with Crippen molar-refractivity contribution in [2.45, 2.75) is 0 Å². The van der Waals surface area contributed by atoms with Crippen molar-refractivity contribution in [3.8, 4) is 21.6 Å². The van der Waals surface area contributed by atoms with Gasteiger partial charge in [0.15, 0.2) is 0 Å². The van der Waals surface area contributed by atoms with Crippen molar-refractivity contribution in [1.82, 2.24) is 0 Å². The second-order valence-electron chi connectivity index (χ2n) is 7.33. The molecule has 6 rings (SSSR count). The Morgan fingerprint density at radius 3 is 1.55 bits per heavy atom. The van der Waals surface area contributed by atoms with Gasteiger partial charge in [0, 0.05) is 25.9 Å². The molecule has 0 aliphatic rings. The summed E-state index contributed by atoms with van der Waals surface area (Å²) in [5.41, 5.74) is 3.90. The van der Waals surface area contributed by atoms with E-state index >= 15 is 0 Å². The lowest BCUT2D eigenvalue weighted by atomic mass is 9.92. The van der Waals surface area contributed by atoms with Gasteiger partial charge in [0.05, 0.1) is 0 Å². The molecule has 29 heavy (non-hydrogen) atoms. The van der Waals surface area contributed by atoms with Crippen molar-refractivity contribution in [3.05, 3.63) is 109 Å². The smallest absolute Gasteiger partial charge is 0.0440 e. The van der Waals surface area contributed by atoms with Gasteiger partial charge in [-0.25, -0.2) is 0 Å². The monoisotopic (exact) mass is 386 g/mol. The van der Waals surface area contributed by atoms with Crippen molar-refractivity contribution < 1.29 is 0 Å². The summed E-state index contributed by atoms with van der Waals surface area (Å²) in [5.74, 6) is 0. The van der Waals surface area contributed by atoms with Gasteiger partial charge in [-0.15, -0.1) is 11.3 Å². The molecule has 0 saturated carbocycles. The number of benzene rings is 5. The molecule has 1 aromatic heterocycles. The van der Waals surface area contributed by atoms with E-state index in [1.54, 1.807) is 0 Å². The molecule has 6 aromatic rings. The van der Waals surface area contributed by atoms with Crippen LogP contribution in [0.2, 0.25) is 0 Å². The summed E-state index contributed by atoms with van der Waals surface area (Å²) in [4.78, 5) is 1.34. The average Bonchev–Trinajstić information content (AvgIpc) is 3.22. The van der Waals surface area contributed by atoms with Crippen LogP contribution in [0, 0.1) is 0 Å². The van der Waals surface area contributed by atoms with E-state index in [1.807, 2.05) is 11.3 Å². The Labute approximate surface area is 173 Å². The third-order valence-corrected chi connectivity index (χ3v) is 6.94. The van der Waals surface area contributed by atoms with Gasteiger partial charge in [0.2, 0.25) is 0 Å². The molecule has 1 heteroatoms. The van der Waals surface area contributed by atoms with Crippen LogP contribution in [0.1, 0.15) is 0 Å². The summed E-state index contributed by atoms with van der Waals surface area (Å²) in [5, 5.41) is 6.69. The largest absolute Gasteiger partial charge is 0.134 e. The Hall–Kier alpha value is -3.42. The van der Waals surface area contributed by atoms with Crippen LogP contribution < -0.4 is 0 Å².